The molecule has 2 aromatic carbocycles. The first-order valence-electron chi connectivity index (χ1n) is 7.52. The molecule has 0 fully saturated rings. The number of rotatable bonds is 5. The average Bonchev–Trinajstić information content (AvgIpc) is 2.99. The molecule has 0 saturated heterocycles. The van der Waals surface area contributed by atoms with E-state index in [1.165, 1.54) is 5.56 Å². The number of hydrogen-bond acceptors (Lipinski definition) is 4. The quantitative estimate of drug-likeness (QED) is 0.768. The molecule has 0 saturated carbocycles. The Bertz CT molecular complexity index is 831. The lowest BCUT2D eigenvalue weighted by molar-refractivity contribution is 0.584. The lowest BCUT2D eigenvalue weighted by Gasteiger charge is -2.03. The third kappa shape index (κ3) is 3.41. The summed E-state index contributed by atoms with van der Waals surface area (Å²) >= 11 is 0. The minimum atomic E-state index is 0.288. The second-order valence-electron chi connectivity index (χ2n) is 5.29. The zero-order valence-electron chi connectivity index (χ0n) is 12.9. The summed E-state index contributed by atoms with van der Waals surface area (Å²) < 4.78 is 5.77. The third-order valence-electron chi connectivity index (χ3n) is 3.65. The fourth-order valence-corrected chi connectivity index (χ4v) is 2.41. The van der Waals surface area contributed by atoms with E-state index < -0.39 is 0 Å². The summed E-state index contributed by atoms with van der Waals surface area (Å²) in [6, 6.07) is 20.1. The number of aryl methyl sites for hydroxylation is 1. The van der Waals surface area contributed by atoms with Gasteiger partial charge in [0, 0.05) is 12.1 Å². The molecule has 114 valence electrons. The van der Waals surface area contributed by atoms with Gasteiger partial charge < -0.3 is 9.73 Å². The van der Waals surface area contributed by atoms with Gasteiger partial charge in [-0.2, -0.15) is 10.2 Å². The lowest BCUT2D eigenvalue weighted by Crippen LogP contribution is -2.05. The van der Waals surface area contributed by atoms with E-state index in [4.69, 9.17) is 4.42 Å². The number of nitriles is 1. The molecule has 1 aromatic heterocycles. The number of aromatic nitrogens is 1. The minimum Gasteiger partial charge on any atom is -0.419 e. The number of hydrogen-bond donors (Lipinski definition) is 1. The van der Waals surface area contributed by atoms with Crippen LogP contribution in [0.5, 0.6) is 0 Å². The van der Waals surface area contributed by atoms with E-state index in [2.05, 4.69) is 28.5 Å². The predicted octanol–water partition coefficient (Wildman–Crippen LogP) is 4.18. The Kier molecular flexibility index (Phi) is 4.39. The van der Waals surface area contributed by atoms with E-state index >= 15 is 0 Å². The van der Waals surface area contributed by atoms with Gasteiger partial charge in [0.2, 0.25) is 17.5 Å². The highest BCUT2D eigenvalue weighted by Gasteiger charge is 2.15. The molecular weight excluding hydrogens is 286 g/mol. The fourth-order valence-electron chi connectivity index (χ4n) is 2.41. The molecule has 1 heterocycles. The van der Waals surface area contributed by atoms with Crippen LogP contribution in [0.25, 0.3) is 11.5 Å². The third-order valence-corrected chi connectivity index (χ3v) is 3.65. The number of nitrogens with one attached hydrogen (secondary N) is 1. The molecule has 4 nitrogen and oxygen atoms in total. The lowest BCUT2D eigenvalue weighted by atomic mass is 10.1. The Hall–Kier alpha value is -3.06. The van der Waals surface area contributed by atoms with E-state index in [-0.39, 0.29) is 5.69 Å². The smallest absolute Gasteiger partial charge is 0.232 e. The van der Waals surface area contributed by atoms with Crippen molar-refractivity contribution in [3.63, 3.8) is 0 Å². The van der Waals surface area contributed by atoms with Gasteiger partial charge in [-0.25, -0.2) is 0 Å². The maximum absolute atomic E-state index is 9.25. The first kappa shape index (κ1) is 14.9. The molecule has 23 heavy (non-hydrogen) atoms. The van der Waals surface area contributed by atoms with Crippen LogP contribution in [0.3, 0.4) is 0 Å². The molecule has 3 rings (SSSR count). The summed E-state index contributed by atoms with van der Waals surface area (Å²) in [4.78, 5) is 4.30. The first-order chi connectivity index (χ1) is 11.3. The molecule has 0 radical (unpaired) electrons. The molecule has 3 aromatic rings. The predicted molar refractivity (Wildman–Crippen MR) is 90.0 cm³/mol. The van der Waals surface area contributed by atoms with Crippen molar-refractivity contribution in [2.75, 3.05) is 11.9 Å². The van der Waals surface area contributed by atoms with E-state index in [0.29, 0.717) is 18.3 Å². The van der Waals surface area contributed by atoms with Gasteiger partial charge in [0.25, 0.3) is 0 Å². The van der Waals surface area contributed by atoms with Crippen LogP contribution in [-0.2, 0) is 6.42 Å². The monoisotopic (exact) mass is 303 g/mol. The second kappa shape index (κ2) is 6.80. The normalized spacial score (nSPS) is 10.3. The Balaban J connectivity index is 1.75. The van der Waals surface area contributed by atoms with Crippen molar-refractivity contribution in [2.24, 2.45) is 0 Å². The summed E-state index contributed by atoms with van der Waals surface area (Å²) in [5.74, 6) is 0.906. The van der Waals surface area contributed by atoms with Crippen LogP contribution in [0.4, 0.5) is 5.88 Å². The van der Waals surface area contributed by atoms with Crippen molar-refractivity contribution in [1.82, 2.24) is 4.98 Å². The van der Waals surface area contributed by atoms with E-state index in [9.17, 15) is 5.26 Å². The molecule has 0 aliphatic rings. The summed E-state index contributed by atoms with van der Waals surface area (Å²) in [5.41, 5.74) is 3.49. The van der Waals surface area contributed by atoms with Crippen molar-refractivity contribution >= 4 is 5.88 Å². The van der Waals surface area contributed by atoms with E-state index in [1.54, 1.807) is 0 Å². The van der Waals surface area contributed by atoms with Crippen LogP contribution in [-0.4, -0.2) is 11.5 Å². The van der Waals surface area contributed by atoms with Gasteiger partial charge in [-0.3, -0.25) is 0 Å². The van der Waals surface area contributed by atoms with Gasteiger partial charge in [-0.1, -0.05) is 48.5 Å². The molecule has 0 aliphatic carbocycles. The van der Waals surface area contributed by atoms with Crippen molar-refractivity contribution in [2.45, 2.75) is 13.3 Å². The minimum absolute atomic E-state index is 0.288. The maximum Gasteiger partial charge on any atom is 0.232 e. The molecule has 0 amide bonds. The largest absolute Gasteiger partial charge is 0.419 e. The van der Waals surface area contributed by atoms with Gasteiger partial charge in [-0.15, -0.1) is 0 Å². The van der Waals surface area contributed by atoms with E-state index in [0.717, 1.165) is 17.5 Å². The molecular formula is C19H17N3O. The van der Waals surface area contributed by atoms with E-state index in [1.807, 2.05) is 49.4 Å². The van der Waals surface area contributed by atoms with Crippen molar-refractivity contribution < 1.29 is 4.42 Å². The summed E-state index contributed by atoms with van der Waals surface area (Å²) in [6.07, 6.45) is 0.853. The molecule has 0 spiro atoms. The van der Waals surface area contributed by atoms with Crippen molar-refractivity contribution in [3.8, 4) is 17.5 Å². The molecule has 0 bridgehead atoms. The number of anilines is 1. The number of benzene rings is 2. The SMILES string of the molecule is Cc1ccccc1-c1nc(C#N)c(NCCc2ccccc2)o1. The van der Waals surface area contributed by atoms with Crippen LogP contribution in [0.1, 0.15) is 16.8 Å². The Labute approximate surface area is 135 Å². The standard InChI is InChI=1S/C19H17N3O/c1-14-7-5-6-10-16(14)18-22-17(13-20)19(23-18)21-12-11-15-8-3-2-4-9-15/h2-10,21H,11-12H2,1H3. The Morgan fingerprint density at radius 1 is 1.09 bits per heavy atom. The van der Waals surface area contributed by atoms with Gasteiger partial charge in [-0.05, 0) is 30.5 Å². The van der Waals surface area contributed by atoms with Crippen LogP contribution in [0.15, 0.2) is 59.0 Å². The highest BCUT2D eigenvalue weighted by molar-refractivity contribution is 5.62. The molecule has 0 atom stereocenters. The second-order valence-corrected chi connectivity index (χ2v) is 5.29. The van der Waals surface area contributed by atoms with Crippen LogP contribution in [0.2, 0.25) is 0 Å². The topological polar surface area (TPSA) is 61.9 Å². The summed E-state index contributed by atoms with van der Waals surface area (Å²) in [6.45, 7) is 2.68. The van der Waals surface area contributed by atoms with Gasteiger partial charge in [0.1, 0.15) is 6.07 Å². The molecule has 1 N–H and O–H groups in total. The average molecular weight is 303 g/mol. The van der Waals surface area contributed by atoms with Crippen LogP contribution in [0, 0.1) is 18.3 Å². The number of oxazole rings is 1. The van der Waals surface area contributed by atoms with Crippen molar-refractivity contribution in [3.05, 3.63) is 71.4 Å². The summed E-state index contributed by atoms with van der Waals surface area (Å²) in [5, 5.41) is 12.4. The Morgan fingerprint density at radius 2 is 1.83 bits per heavy atom. The first-order valence-corrected chi connectivity index (χ1v) is 7.52. The molecule has 4 heteroatoms. The fraction of sp³-hybridized carbons (Fsp3) is 0.158. The molecule has 0 unspecified atom stereocenters. The van der Waals surface area contributed by atoms with Crippen molar-refractivity contribution in [1.29, 1.82) is 5.26 Å². The zero-order chi connectivity index (χ0) is 16.1. The van der Waals surface area contributed by atoms with Gasteiger partial charge in [0.05, 0.1) is 0 Å². The van der Waals surface area contributed by atoms with Gasteiger partial charge in [0.15, 0.2) is 0 Å². The van der Waals surface area contributed by atoms with Crippen LogP contribution < -0.4 is 5.32 Å². The highest BCUT2D eigenvalue weighted by atomic mass is 16.4. The Morgan fingerprint density at radius 3 is 2.57 bits per heavy atom. The van der Waals surface area contributed by atoms with Crippen LogP contribution >= 0.6 is 0 Å². The highest BCUT2D eigenvalue weighted by Crippen LogP contribution is 2.27. The number of nitrogens with zero attached hydrogens (tertiary/aromatic N) is 2. The summed E-state index contributed by atoms with van der Waals surface area (Å²) in [7, 11) is 0. The maximum atomic E-state index is 9.25. The zero-order valence-corrected chi connectivity index (χ0v) is 12.9. The van der Waals surface area contributed by atoms with Gasteiger partial charge >= 0.3 is 0 Å². The molecule has 0 aliphatic heterocycles.